The molecule has 3 aliphatic rings. The Morgan fingerprint density at radius 1 is 1.09 bits per heavy atom. The van der Waals surface area contributed by atoms with Crippen molar-refractivity contribution in [1.29, 1.82) is 0 Å². The summed E-state index contributed by atoms with van der Waals surface area (Å²) in [5, 5.41) is 22.5. The first-order valence-electron chi connectivity index (χ1n) is 14.9. The third-order valence-electron chi connectivity index (χ3n) is 8.23. The summed E-state index contributed by atoms with van der Waals surface area (Å²) in [5.74, 6) is 1.68. The molecule has 2 aromatic carbocycles. The molecule has 0 aromatic heterocycles. The summed E-state index contributed by atoms with van der Waals surface area (Å²) in [5.41, 5.74) is 5.24. The van der Waals surface area contributed by atoms with E-state index in [4.69, 9.17) is 16.3 Å². The molecule has 2 fully saturated rings. The number of hydrogen-bond acceptors (Lipinski definition) is 7. The second kappa shape index (κ2) is 14.5. The van der Waals surface area contributed by atoms with Gasteiger partial charge in [0, 0.05) is 56.7 Å². The molecule has 0 saturated carbocycles. The van der Waals surface area contributed by atoms with E-state index in [2.05, 4.69) is 21.9 Å². The fourth-order valence-corrected chi connectivity index (χ4v) is 5.86. The summed E-state index contributed by atoms with van der Waals surface area (Å²) in [6.07, 6.45) is 2.61. The van der Waals surface area contributed by atoms with E-state index in [1.165, 1.54) is 17.0 Å². The number of hydrogen-bond donors (Lipinski definition) is 3. The van der Waals surface area contributed by atoms with Crippen LogP contribution in [0.15, 0.2) is 59.4 Å². The van der Waals surface area contributed by atoms with Gasteiger partial charge in [0.2, 0.25) is 0 Å². The number of aliphatic imine (C=N–C) groups is 1. The number of aliphatic hydroxyl groups is 1. The number of amides is 4. The van der Waals surface area contributed by atoms with E-state index in [-0.39, 0.29) is 35.4 Å². The number of nitrogens with zero attached hydrogens (tertiary/aromatic N) is 4. The minimum Gasteiger partial charge on any atom is -0.506 e. The first-order valence-corrected chi connectivity index (χ1v) is 15.2. The fourth-order valence-electron chi connectivity index (χ4n) is 5.66. The zero-order chi connectivity index (χ0) is 31.1. The molecule has 0 radical (unpaired) electrons. The average Bonchev–Trinajstić information content (AvgIpc) is 3.19. The number of para-hydroxylation sites is 1. The minimum absolute atomic E-state index is 0.00550. The van der Waals surface area contributed by atoms with Gasteiger partial charge in [-0.1, -0.05) is 35.9 Å². The summed E-state index contributed by atoms with van der Waals surface area (Å²) >= 11 is 6.06. The Kier molecular flexibility index (Phi) is 10.2. The molecule has 232 valence electrons. The van der Waals surface area contributed by atoms with Crippen LogP contribution in [0.25, 0.3) is 0 Å². The number of aliphatic hydroxyl groups excluding tert-OH is 1. The van der Waals surface area contributed by atoms with Crippen LogP contribution in [0.2, 0.25) is 5.02 Å². The lowest BCUT2D eigenvalue weighted by molar-refractivity contribution is -0.126. The molecule has 3 aliphatic heterocycles. The van der Waals surface area contributed by atoms with Crippen molar-refractivity contribution in [3.63, 3.8) is 0 Å². The number of fused-ring (bicyclic) bond motifs is 1. The molecule has 2 saturated heterocycles. The van der Waals surface area contributed by atoms with Crippen LogP contribution in [-0.2, 0) is 22.4 Å². The second-order valence-corrected chi connectivity index (χ2v) is 11.6. The number of phenols is 1. The highest BCUT2D eigenvalue weighted by Crippen LogP contribution is 2.26. The summed E-state index contributed by atoms with van der Waals surface area (Å²) < 4.78 is 5.68. The Morgan fingerprint density at radius 3 is 2.59 bits per heavy atom. The number of rotatable bonds is 6. The SMILES string of the molecule is O=C(N=C=C=CN1CCC(O)CC1)[C@@H](Cc1ccc(O)c(Cl)c1)OC(=O)N1CCC(N2CCc3ccccc3NC2=O)CC1. The lowest BCUT2D eigenvalue weighted by Crippen LogP contribution is -2.50. The van der Waals surface area contributed by atoms with Crippen molar-refractivity contribution in [2.24, 2.45) is 4.99 Å². The number of anilines is 1. The Labute approximate surface area is 261 Å². The van der Waals surface area contributed by atoms with Crippen LogP contribution in [0, 0.1) is 0 Å². The number of phenolic OH excluding ortho intramolecular Hbond substituents is 1. The van der Waals surface area contributed by atoms with Crippen molar-refractivity contribution in [3.05, 3.63) is 70.5 Å². The summed E-state index contributed by atoms with van der Waals surface area (Å²) in [4.78, 5) is 48.4. The van der Waals surface area contributed by atoms with E-state index in [9.17, 15) is 24.6 Å². The number of benzene rings is 2. The van der Waals surface area contributed by atoms with Crippen LogP contribution in [0.5, 0.6) is 5.75 Å². The maximum Gasteiger partial charge on any atom is 0.410 e. The van der Waals surface area contributed by atoms with Crippen LogP contribution in [0.3, 0.4) is 0 Å². The number of halogens is 1. The van der Waals surface area contributed by atoms with Gasteiger partial charge in [-0.3, -0.25) is 4.79 Å². The summed E-state index contributed by atoms with van der Waals surface area (Å²) in [6, 6.07) is 12.1. The van der Waals surface area contributed by atoms with E-state index in [1.807, 2.05) is 34.1 Å². The number of carbonyl (C=O) groups is 3. The predicted octanol–water partition coefficient (Wildman–Crippen LogP) is 3.97. The van der Waals surface area contributed by atoms with Crippen molar-refractivity contribution in [2.75, 3.05) is 38.0 Å². The molecule has 44 heavy (non-hydrogen) atoms. The average molecular weight is 622 g/mol. The van der Waals surface area contributed by atoms with Crippen LogP contribution >= 0.6 is 11.6 Å². The molecular weight excluding hydrogens is 586 g/mol. The topological polar surface area (TPSA) is 135 Å². The van der Waals surface area contributed by atoms with Gasteiger partial charge in [-0.15, -0.1) is 0 Å². The fraction of sp³-hybridized carbons (Fsp3) is 0.438. The Hall–Kier alpha value is -4.27. The third kappa shape index (κ3) is 8.01. The first-order chi connectivity index (χ1) is 21.3. The van der Waals surface area contributed by atoms with Gasteiger partial charge in [0.1, 0.15) is 5.75 Å². The highest BCUT2D eigenvalue weighted by Gasteiger charge is 2.33. The molecule has 0 spiro atoms. The van der Waals surface area contributed by atoms with Crippen molar-refractivity contribution in [1.82, 2.24) is 14.7 Å². The van der Waals surface area contributed by atoms with Gasteiger partial charge in [0.25, 0.3) is 5.91 Å². The number of aromatic hydroxyl groups is 1. The molecule has 3 heterocycles. The third-order valence-corrected chi connectivity index (χ3v) is 8.54. The van der Waals surface area contributed by atoms with Crippen molar-refractivity contribution in [3.8, 4) is 5.75 Å². The summed E-state index contributed by atoms with van der Waals surface area (Å²) in [7, 11) is 0. The highest BCUT2D eigenvalue weighted by atomic mass is 35.5. The van der Waals surface area contributed by atoms with E-state index >= 15 is 0 Å². The maximum absolute atomic E-state index is 13.2. The largest absolute Gasteiger partial charge is 0.506 e. The smallest absolute Gasteiger partial charge is 0.410 e. The molecule has 3 N–H and O–H groups in total. The molecule has 11 nitrogen and oxygen atoms in total. The predicted molar refractivity (Wildman–Crippen MR) is 165 cm³/mol. The zero-order valence-electron chi connectivity index (χ0n) is 24.3. The van der Waals surface area contributed by atoms with Gasteiger partial charge in [-0.2, -0.15) is 4.99 Å². The number of likely N-dealkylation sites (tertiary alicyclic amines) is 2. The van der Waals surface area contributed by atoms with Crippen molar-refractivity contribution in [2.45, 2.75) is 56.8 Å². The van der Waals surface area contributed by atoms with Crippen molar-refractivity contribution < 1.29 is 29.3 Å². The normalized spacial score (nSPS) is 18.2. The van der Waals surface area contributed by atoms with E-state index in [1.54, 1.807) is 12.3 Å². The molecule has 1 atom stereocenters. The van der Waals surface area contributed by atoms with E-state index in [0.29, 0.717) is 64.0 Å². The second-order valence-electron chi connectivity index (χ2n) is 11.2. The molecule has 0 bridgehead atoms. The molecular formula is C32H36ClN5O6. The van der Waals surface area contributed by atoms with Gasteiger partial charge in [-0.25, -0.2) is 9.59 Å². The van der Waals surface area contributed by atoms with E-state index in [0.717, 1.165) is 17.7 Å². The highest BCUT2D eigenvalue weighted by molar-refractivity contribution is 6.32. The number of ether oxygens (including phenoxy) is 1. The van der Waals surface area contributed by atoms with Gasteiger partial charge >= 0.3 is 12.1 Å². The quantitative estimate of drug-likeness (QED) is 0.328. The maximum atomic E-state index is 13.2. The molecule has 2 aromatic rings. The van der Waals surface area contributed by atoms with Crippen LogP contribution in [0.4, 0.5) is 15.3 Å². The Balaban J connectivity index is 1.21. The molecule has 0 unspecified atom stereocenters. The van der Waals surface area contributed by atoms with Gasteiger partial charge < -0.3 is 35.0 Å². The minimum atomic E-state index is -1.25. The number of carbonyl (C=O) groups excluding carboxylic acids is 3. The molecule has 0 aliphatic carbocycles. The van der Waals surface area contributed by atoms with Crippen molar-refractivity contribution >= 4 is 41.2 Å². The Morgan fingerprint density at radius 2 is 1.84 bits per heavy atom. The van der Waals surface area contributed by atoms with Crippen LogP contribution < -0.4 is 5.32 Å². The molecule has 5 rings (SSSR count). The lowest BCUT2D eigenvalue weighted by atomic mass is 10.0. The monoisotopic (exact) mass is 621 g/mol. The van der Waals surface area contributed by atoms with Gasteiger partial charge in [-0.05, 0) is 67.2 Å². The van der Waals surface area contributed by atoms with Crippen LogP contribution in [0.1, 0.15) is 36.8 Å². The van der Waals surface area contributed by atoms with E-state index < -0.39 is 18.1 Å². The summed E-state index contributed by atoms with van der Waals surface area (Å²) in [6.45, 7) is 2.64. The molecule has 12 heteroatoms. The number of piperidine rings is 2. The Bertz CT molecular complexity index is 1470. The standard InChI is InChI=1S/C32H36ClN5O6/c33-26-20-22(6-7-28(26)40)21-29(30(41)34-13-3-14-36-15-11-25(39)12-16-36)44-32(43)37-17-9-24(10-18-37)38-19-8-23-4-1-2-5-27(23)35-31(38)42/h1-2,4-7,14,20,24-25,29,39-40H,8-12,15-19,21H2,(H,35,42)/t29-/m1/s1. The zero-order valence-corrected chi connectivity index (χ0v) is 25.1. The first kappa shape index (κ1) is 31.2. The lowest BCUT2D eigenvalue weighted by Gasteiger charge is -2.37. The van der Waals surface area contributed by atoms with Gasteiger partial charge in [0.05, 0.1) is 17.3 Å². The number of nitrogens with one attached hydrogen (secondary N) is 1. The number of urea groups is 1. The van der Waals surface area contributed by atoms with Crippen LogP contribution in [-0.4, -0.2) is 99.8 Å². The molecule has 4 amide bonds. The van der Waals surface area contributed by atoms with Gasteiger partial charge in [0.15, 0.2) is 6.10 Å².